The summed E-state index contributed by atoms with van der Waals surface area (Å²) in [6.07, 6.45) is 0.908. The van der Waals surface area contributed by atoms with Gasteiger partial charge in [-0.3, -0.25) is 4.79 Å². The molecule has 0 rings (SSSR count). The maximum atomic E-state index is 10.8. The SMILES string of the molecule is CCC(C)(COCC(C)(C)COC)COC(C)=O. The van der Waals surface area contributed by atoms with Crippen LogP contribution in [0.5, 0.6) is 0 Å². The standard InChI is InChI=1S/C14H28O4/c1-7-14(5,11-18-12(2)15)10-17-9-13(3,4)8-16-6/h7-11H2,1-6H3. The van der Waals surface area contributed by atoms with E-state index in [0.29, 0.717) is 26.4 Å². The van der Waals surface area contributed by atoms with Crippen LogP contribution in [0.2, 0.25) is 0 Å². The second-order valence-electron chi connectivity index (χ2n) is 6.03. The normalized spacial score (nSPS) is 15.2. The summed E-state index contributed by atoms with van der Waals surface area (Å²) in [7, 11) is 1.69. The van der Waals surface area contributed by atoms with E-state index in [2.05, 4.69) is 27.7 Å². The highest BCUT2D eigenvalue weighted by molar-refractivity contribution is 5.65. The van der Waals surface area contributed by atoms with Gasteiger partial charge in [0.15, 0.2) is 0 Å². The molecule has 0 aliphatic rings. The van der Waals surface area contributed by atoms with Crippen LogP contribution in [-0.2, 0) is 19.0 Å². The zero-order valence-corrected chi connectivity index (χ0v) is 12.7. The van der Waals surface area contributed by atoms with E-state index in [1.807, 2.05) is 0 Å². The zero-order chi connectivity index (χ0) is 14.2. The van der Waals surface area contributed by atoms with E-state index < -0.39 is 0 Å². The number of methoxy groups -OCH3 is 1. The highest BCUT2D eigenvalue weighted by Crippen LogP contribution is 2.24. The van der Waals surface area contributed by atoms with Gasteiger partial charge in [-0.05, 0) is 6.42 Å². The molecule has 0 aromatic carbocycles. The van der Waals surface area contributed by atoms with Crippen molar-refractivity contribution < 1.29 is 19.0 Å². The molecule has 0 bridgehead atoms. The van der Waals surface area contributed by atoms with Crippen LogP contribution in [-0.4, -0.2) is 39.5 Å². The molecule has 0 saturated carbocycles. The van der Waals surface area contributed by atoms with E-state index in [9.17, 15) is 4.79 Å². The van der Waals surface area contributed by atoms with Gasteiger partial charge in [-0.2, -0.15) is 0 Å². The van der Waals surface area contributed by atoms with Crippen molar-refractivity contribution in [2.24, 2.45) is 10.8 Å². The first kappa shape index (κ1) is 17.4. The molecular weight excluding hydrogens is 232 g/mol. The maximum Gasteiger partial charge on any atom is 0.302 e. The number of hydrogen-bond acceptors (Lipinski definition) is 4. The average Bonchev–Trinajstić information content (AvgIpc) is 2.26. The highest BCUT2D eigenvalue weighted by atomic mass is 16.5. The predicted octanol–water partition coefficient (Wildman–Crippen LogP) is 2.66. The Kier molecular flexibility index (Phi) is 7.48. The van der Waals surface area contributed by atoms with Gasteiger partial charge in [0, 0.05) is 24.9 Å². The first-order valence-electron chi connectivity index (χ1n) is 6.45. The Bertz CT molecular complexity index is 250. The molecule has 0 spiro atoms. The van der Waals surface area contributed by atoms with Crippen molar-refractivity contribution in [2.45, 2.75) is 41.0 Å². The van der Waals surface area contributed by atoms with Crippen molar-refractivity contribution in [1.29, 1.82) is 0 Å². The summed E-state index contributed by atoms with van der Waals surface area (Å²) in [6.45, 7) is 12.1. The predicted molar refractivity (Wildman–Crippen MR) is 71.5 cm³/mol. The second-order valence-corrected chi connectivity index (χ2v) is 6.03. The fourth-order valence-corrected chi connectivity index (χ4v) is 1.53. The van der Waals surface area contributed by atoms with Gasteiger partial charge in [-0.25, -0.2) is 0 Å². The van der Waals surface area contributed by atoms with Gasteiger partial charge in [-0.1, -0.05) is 27.7 Å². The summed E-state index contributed by atoms with van der Waals surface area (Å²) in [5.41, 5.74) is -0.111. The van der Waals surface area contributed by atoms with E-state index in [0.717, 1.165) is 6.42 Å². The Morgan fingerprint density at radius 2 is 1.67 bits per heavy atom. The molecule has 0 amide bonds. The Labute approximate surface area is 111 Å². The summed E-state index contributed by atoms with van der Waals surface area (Å²) in [5.74, 6) is -0.241. The molecule has 0 heterocycles. The molecule has 0 saturated heterocycles. The van der Waals surface area contributed by atoms with Gasteiger partial charge >= 0.3 is 5.97 Å². The van der Waals surface area contributed by atoms with Crippen molar-refractivity contribution in [1.82, 2.24) is 0 Å². The van der Waals surface area contributed by atoms with E-state index in [-0.39, 0.29) is 16.8 Å². The Balaban J connectivity index is 4.09. The summed E-state index contributed by atoms with van der Waals surface area (Å²) in [6, 6.07) is 0. The third-order valence-corrected chi connectivity index (χ3v) is 2.96. The lowest BCUT2D eigenvalue weighted by Gasteiger charge is -2.30. The summed E-state index contributed by atoms with van der Waals surface area (Å²) in [4.78, 5) is 10.8. The van der Waals surface area contributed by atoms with Crippen molar-refractivity contribution in [3.05, 3.63) is 0 Å². The van der Waals surface area contributed by atoms with Crippen molar-refractivity contribution in [2.75, 3.05) is 33.5 Å². The smallest absolute Gasteiger partial charge is 0.302 e. The largest absolute Gasteiger partial charge is 0.465 e. The fraction of sp³-hybridized carbons (Fsp3) is 0.929. The van der Waals surface area contributed by atoms with Crippen molar-refractivity contribution in [3.8, 4) is 0 Å². The van der Waals surface area contributed by atoms with Crippen LogP contribution in [0.15, 0.2) is 0 Å². The van der Waals surface area contributed by atoms with Crippen molar-refractivity contribution >= 4 is 5.97 Å². The Morgan fingerprint density at radius 1 is 1.06 bits per heavy atom. The quantitative estimate of drug-likeness (QED) is 0.598. The lowest BCUT2D eigenvalue weighted by atomic mass is 9.89. The number of esters is 1. The number of hydrogen-bond donors (Lipinski definition) is 0. The van der Waals surface area contributed by atoms with Crippen LogP contribution in [0, 0.1) is 10.8 Å². The summed E-state index contributed by atoms with van der Waals surface area (Å²) >= 11 is 0. The van der Waals surface area contributed by atoms with Gasteiger partial charge < -0.3 is 14.2 Å². The lowest BCUT2D eigenvalue weighted by Crippen LogP contribution is -2.32. The van der Waals surface area contributed by atoms with E-state index >= 15 is 0 Å². The second kappa shape index (κ2) is 7.74. The molecule has 1 unspecified atom stereocenters. The zero-order valence-electron chi connectivity index (χ0n) is 12.7. The minimum Gasteiger partial charge on any atom is -0.465 e. The monoisotopic (exact) mass is 260 g/mol. The Morgan fingerprint density at radius 3 is 2.11 bits per heavy atom. The molecule has 108 valence electrons. The van der Waals surface area contributed by atoms with Gasteiger partial charge in [-0.15, -0.1) is 0 Å². The fourth-order valence-electron chi connectivity index (χ4n) is 1.53. The van der Waals surface area contributed by atoms with Crippen LogP contribution >= 0.6 is 0 Å². The molecule has 1 atom stereocenters. The maximum absolute atomic E-state index is 10.8. The van der Waals surface area contributed by atoms with Crippen LogP contribution in [0.25, 0.3) is 0 Å². The highest BCUT2D eigenvalue weighted by Gasteiger charge is 2.26. The third-order valence-electron chi connectivity index (χ3n) is 2.96. The molecule has 0 aromatic rings. The molecular formula is C14H28O4. The van der Waals surface area contributed by atoms with Crippen LogP contribution in [0.3, 0.4) is 0 Å². The van der Waals surface area contributed by atoms with Crippen LogP contribution in [0.1, 0.15) is 41.0 Å². The molecule has 0 N–H and O–H groups in total. The van der Waals surface area contributed by atoms with E-state index in [1.165, 1.54) is 6.92 Å². The molecule has 0 aliphatic carbocycles. The minimum absolute atomic E-state index is 0.00480. The summed E-state index contributed by atoms with van der Waals surface area (Å²) in [5, 5.41) is 0. The number of carbonyl (C=O) groups excluding carboxylic acids is 1. The van der Waals surface area contributed by atoms with Gasteiger partial charge in [0.05, 0.1) is 26.4 Å². The first-order valence-corrected chi connectivity index (χ1v) is 6.45. The molecule has 0 aromatic heterocycles. The van der Waals surface area contributed by atoms with E-state index in [4.69, 9.17) is 14.2 Å². The minimum atomic E-state index is -0.241. The first-order chi connectivity index (χ1) is 8.24. The van der Waals surface area contributed by atoms with Gasteiger partial charge in [0.25, 0.3) is 0 Å². The summed E-state index contributed by atoms with van der Waals surface area (Å²) < 4.78 is 16.0. The lowest BCUT2D eigenvalue weighted by molar-refractivity contribution is -0.146. The molecule has 0 aliphatic heterocycles. The van der Waals surface area contributed by atoms with Crippen molar-refractivity contribution in [3.63, 3.8) is 0 Å². The van der Waals surface area contributed by atoms with Gasteiger partial charge in [0.1, 0.15) is 0 Å². The van der Waals surface area contributed by atoms with Crippen LogP contribution < -0.4 is 0 Å². The molecule has 18 heavy (non-hydrogen) atoms. The molecule has 0 fully saturated rings. The Hall–Kier alpha value is -0.610. The van der Waals surface area contributed by atoms with Crippen LogP contribution in [0.4, 0.5) is 0 Å². The topological polar surface area (TPSA) is 44.8 Å². The molecule has 4 heteroatoms. The molecule has 0 radical (unpaired) electrons. The average molecular weight is 260 g/mol. The number of carbonyl (C=O) groups is 1. The molecule has 4 nitrogen and oxygen atoms in total. The third kappa shape index (κ3) is 7.67. The number of rotatable bonds is 9. The number of ether oxygens (including phenoxy) is 3. The van der Waals surface area contributed by atoms with Gasteiger partial charge in [0.2, 0.25) is 0 Å². The van der Waals surface area contributed by atoms with E-state index in [1.54, 1.807) is 7.11 Å².